The second-order valence-corrected chi connectivity index (χ2v) is 6.27. The summed E-state index contributed by atoms with van der Waals surface area (Å²) in [4.78, 5) is 0. The number of hydrogen-bond donors (Lipinski definition) is 1. The molecular weight excluding hydrogens is 276 g/mol. The smallest absolute Gasteiger partial charge is 0.119 e. The average Bonchev–Trinajstić information content (AvgIpc) is 2.53. The summed E-state index contributed by atoms with van der Waals surface area (Å²) < 4.78 is 1.05. The van der Waals surface area contributed by atoms with Crippen molar-refractivity contribution in [2.24, 2.45) is 5.92 Å². The molecule has 2 heteroatoms. The van der Waals surface area contributed by atoms with Gasteiger partial charge in [-0.2, -0.15) is 0 Å². The second kappa shape index (κ2) is 4.16. The van der Waals surface area contributed by atoms with E-state index in [0.29, 0.717) is 11.7 Å². The summed E-state index contributed by atoms with van der Waals surface area (Å²) in [5.74, 6) is 0.933. The predicted octanol–water partition coefficient (Wildman–Crippen LogP) is 4.71. The number of aromatic hydroxyl groups is 1. The van der Waals surface area contributed by atoms with Crippen molar-refractivity contribution in [3.05, 3.63) is 39.9 Å². The molecule has 0 bridgehead atoms. The van der Waals surface area contributed by atoms with Crippen molar-refractivity contribution in [2.75, 3.05) is 0 Å². The van der Waals surface area contributed by atoms with E-state index in [1.807, 2.05) is 19.1 Å². The van der Waals surface area contributed by atoms with Crippen LogP contribution in [0.1, 0.15) is 37.8 Å². The zero-order valence-electron chi connectivity index (χ0n) is 10.7. The van der Waals surface area contributed by atoms with Crippen LogP contribution >= 0.6 is 15.9 Å². The van der Waals surface area contributed by atoms with E-state index in [9.17, 15) is 5.11 Å². The van der Waals surface area contributed by atoms with Gasteiger partial charge in [-0.25, -0.2) is 0 Å². The van der Waals surface area contributed by atoms with E-state index in [0.717, 1.165) is 28.4 Å². The van der Waals surface area contributed by atoms with E-state index in [4.69, 9.17) is 0 Å². The quantitative estimate of drug-likeness (QED) is 0.744. The van der Waals surface area contributed by atoms with Gasteiger partial charge in [-0.05, 0) is 43.4 Å². The summed E-state index contributed by atoms with van der Waals surface area (Å²) in [7, 11) is 0. The van der Waals surface area contributed by atoms with Crippen LogP contribution in [0.4, 0.5) is 0 Å². The lowest BCUT2D eigenvalue weighted by atomic mass is 9.76. The first-order valence-electron chi connectivity index (χ1n) is 6.05. The first-order valence-corrected chi connectivity index (χ1v) is 6.84. The maximum Gasteiger partial charge on any atom is 0.119 e. The Morgan fingerprint density at radius 2 is 2.12 bits per heavy atom. The Morgan fingerprint density at radius 3 is 2.65 bits per heavy atom. The molecule has 1 aliphatic rings. The van der Waals surface area contributed by atoms with Gasteiger partial charge in [0.1, 0.15) is 5.75 Å². The van der Waals surface area contributed by atoms with Gasteiger partial charge in [0.15, 0.2) is 0 Å². The highest BCUT2D eigenvalue weighted by Gasteiger charge is 2.40. The summed E-state index contributed by atoms with van der Waals surface area (Å²) >= 11 is 3.55. The van der Waals surface area contributed by atoms with E-state index in [1.54, 1.807) is 0 Å². The van der Waals surface area contributed by atoms with Gasteiger partial charge in [0.05, 0.1) is 0 Å². The van der Waals surface area contributed by atoms with Crippen LogP contribution in [-0.2, 0) is 5.41 Å². The van der Waals surface area contributed by atoms with Crippen LogP contribution in [0.3, 0.4) is 0 Å². The minimum atomic E-state index is -0.0836. The monoisotopic (exact) mass is 294 g/mol. The molecular formula is C15H19BrO. The largest absolute Gasteiger partial charge is 0.508 e. The van der Waals surface area contributed by atoms with E-state index in [-0.39, 0.29) is 5.41 Å². The molecule has 1 aromatic carbocycles. The van der Waals surface area contributed by atoms with Crippen molar-refractivity contribution in [3.8, 4) is 5.75 Å². The fourth-order valence-corrected chi connectivity index (χ4v) is 3.14. The molecule has 17 heavy (non-hydrogen) atoms. The maximum atomic E-state index is 10.2. The molecule has 2 atom stereocenters. The molecule has 1 aliphatic carbocycles. The maximum absolute atomic E-state index is 10.2. The molecule has 1 fully saturated rings. The normalized spacial score (nSPS) is 28.7. The first-order chi connectivity index (χ1) is 7.86. The van der Waals surface area contributed by atoms with E-state index in [1.165, 1.54) is 5.57 Å². The highest BCUT2D eigenvalue weighted by molar-refractivity contribution is 9.10. The van der Waals surface area contributed by atoms with Crippen LogP contribution in [0.2, 0.25) is 0 Å². The summed E-state index contributed by atoms with van der Waals surface area (Å²) in [6.07, 6.45) is 2.22. The molecule has 2 unspecified atom stereocenters. The van der Waals surface area contributed by atoms with Crippen LogP contribution in [0, 0.1) is 12.8 Å². The van der Waals surface area contributed by atoms with Crippen LogP contribution in [0.25, 0.3) is 0 Å². The van der Waals surface area contributed by atoms with Crippen LogP contribution in [-0.4, -0.2) is 5.11 Å². The topological polar surface area (TPSA) is 20.2 Å². The Balaban J connectivity index is 2.54. The van der Waals surface area contributed by atoms with Gasteiger partial charge in [-0.15, -0.1) is 0 Å². The number of hydrogen-bond acceptors (Lipinski definition) is 1. The Kier molecular flexibility index (Phi) is 3.11. The molecule has 0 spiro atoms. The standard InChI is InChI=1S/C15H19BrO/c1-9-5-6-15(4,11(9)3)12-8-13(16)10(2)7-14(12)17/h7-9,17H,3,5-6H2,1-2,4H3. The molecule has 2 rings (SSSR count). The van der Waals surface area contributed by atoms with E-state index < -0.39 is 0 Å². The minimum absolute atomic E-state index is 0.0836. The van der Waals surface area contributed by atoms with Crippen molar-refractivity contribution in [1.82, 2.24) is 0 Å². The van der Waals surface area contributed by atoms with Crippen molar-refractivity contribution in [3.63, 3.8) is 0 Å². The third kappa shape index (κ3) is 1.93. The third-order valence-corrected chi connectivity index (χ3v) is 5.11. The minimum Gasteiger partial charge on any atom is -0.508 e. The van der Waals surface area contributed by atoms with Crippen molar-refractivity contribution in [2.45, 2.75) is 39.0 Å². The van der Waals surface area contributed by atoms with Crippen molar-refractivity contribution in [1.29, 1.82) is 0 Å². The number of phenols is 1. The number of benzene rings is 1. The number of halogens is 1. The first kappa shape index (κ1) is 12.7. The zero-order chi connectivity index (χ0) is 12.8. The van der Waals surface area contributed by atoms with Gasteiger partial charge in [-0.3, -0.25) is 0 Å². The van der Waals surface area contributed by atoms with Gasteiger partial charge in [0.2, 0.25) is 0 Å². The molecule has 0 aliphatic heterocycles. The molecule has 0 radical (unpaired) electrons. The number of allylic oxidation sites excluding steroid dienone is 1. The lowest BCUT2D eigenvalue weighted by molar-refractivity contribution is 0.445. The number of rotatable bonds is 1. The molecule has 0 aromatic heterocycles. The zero-order valence-corrected chi connectivity index (χ0v) is 12.3. The molecule has 1 N–H and O–H groups in total. The molecule has 0 amide bonds. The van der Waals surface area contributed by atoms with Gasteiger partial charge in [-0.1, -0.05) is 41.9 Å². The molecule has 0 saturated heterocycles. The second-order valence-electron chi connectivity index (χ2n) is 5.42. The van der Waals surface area contributed by atoms with Gasteiger partial charge in [0.25, 0.3) is 0 Å². The van der Waals surface area contributed by atoms with Crippen LogP contribution in [0.15, 0.2) is 28.8 Å². The number of aryl methyl sites for hydroxylation is 1. The van der Waals surface area contributed by atoms with E-state index >= 15 is 0 Å². The molecule has 1 nitrogen and oxygen atoms in total. The lowest BCUT2D eigenvalue weighted by Crippen LogP contribution is -2.20. The molecule has 92 valence electrons. The van der Waals surface area contributed by atoms with Gasteiger partial charge < -0.3 is 5.11 Å². The molecule has 0 heterocycles. The fraction of sp³-hybridized carbons (Fsp3) is 0.467. The summed E-state index contributed by atoms with van der Waals surface area (Å²) in [6, 6.07) is 3.88. The highest BCUT2D eigenvalue weighted by atomic mass is 79.9. The Labute approximate surface area is 112 Å². The summed E-state index contributed by atoms with van der Waals surface area (Å²) in [5, 5.41) is 10.2. The Hall–Kier alpha value is -0.760. The third-order valence-electron chi connectivity index (χ3n) is 4.25. The molecule has 1 aromatic rings. The van der Waals surface area contributed by atoms with Gasteiger partial charge >= 0.3 is 0 Å². The fourth-order valence-electron chi connectivity index (χ4n) is 2.80. The van der Waals surface area contributed by atoms with Gasteiger partial charge in [0, 0.05) is 15.5 Å². The van der Waals surface area contributed by atoms with E-state index in [2.05, 4.69) is 36.4 Å². The Bertz CT molecular complexity index is 478. The van der Waals surface area contributed by atoms with Crippen molar-refractivity contribution >= 4 is 15.9 Å². The van der Waals surface area contributed by atoms with Crippen LogP contribution in [0.5, 0.6) is 5.75 Å². The number of phenolic OH excluding ortho intramolecular Hbond substituents is 1. The summed E-state index contributed by atoms with van der Waals surface area (Å²) in [5.41, 5.74) is 3.22. The Morgan fingerprint density at radius 1 is 1.47 bits per heavy atom. The predicted molar refractivity (Wildman–Crippen MR) is 75.4 cm³/mol. The SMILES string of the molecule is C=C1C(C)CCC1(C)c1cc(Br)c(C)cc1O. The van der Waals surface area contributed by atoms with Crippen LogP contribution < -0.4 is 0 Å². The molecule has 1 saturated carbocycles. The van der Waals surface area contributed by atoms with Crippen molar-refractivity contribution < 1.29 is 5.11 Å². The average molecular weight is 295 g/mol. The highest BCUT2D eigenvalue weighted by Crippen LogP contribution is 2.50. The lowest BCUT2D eigenvalue weighted by Gasteiger charge is -2.28. The summed E-state index contributed by atoms with van der Waals surface area (Å²) in [6.45, 7) is 10.6.